The van der Waals surface area contributed by atoms with Crippen LogP contribution < -0.4 is 4.90 Å². The van der Waals surface area contributed by atoms with Crippen LogP contribution in [-0.4, -0.2) is 37.3 Å². The third kappa shape index (κ3) is 1.97. The molecule has 0 N–H and O–H groups in total. The SMILES string of the molecule is CN1CCc2cc(C3C=NC=CC3)cc3c2N(CC3)C1=O. The van der Waals surface area contributed by atoms with Crippen LogP contribution in [-0.2, 0) is 12.8 Å². The summed E-state index contributed by atoms with van der Waals surface area (Å²) in [6.07, 6.45) is 8.96. The zero-order valence-electron chi connectivity index (χ0n) is 12.2. The van der Waals surface area contributed by atoms with Gasteiger partial charge in [-0.05, 0) is 36.0 Å². The Morgan fingerprint density at radius 1 is 1.19 bits per heavy atom. The number of anilines is 1. The fourth-order valence-corrected chi connectivity index (χ4v) is 3.56. The third-order valence-electron chi connectivity index (χ3n) is 4.71. The molecule has 3 heterocycles. The smallest absolute Gasteiger partial charge is 0.324 e. The second-order valence-corrected chi connectivity index (χ2v) is 6.07. The van der Waals surface area contributed by atoms with Crippen LogP contribution in [0.3, 0.4) is 0 Å². The summed E-state index contributed by atoms with van der Waals surface area (Å²) in [6.45, 7) is 1.61. The van der Waals surface area contributed by atoms with Gasteiger partial charge in [-0.25, -0.2) is 4.79 Å². The molecule has 2 amide bonds. The maximum atomic E-state index is 12.4. The van der Waals surface area contributed by atoms with E-state index in [-0.39, 0.29) is 6.03 Å². The molecule has 0 aliphatic carbocycles. The van der Waals surface area contributed by atoms with E-state index < -0.39 is 0 Å². The number of allylic oxidation sites excluding steroid dienone is 1. The van der Waals surface area contributed by atoms with Gasteiger partial charge in [0.1, 0.15) is 0 Å². The Bertz CT molecular complexity index is 662. The van der Waals surface area contributed by atoms with Crippen LogP contribution >= 0.6 is 0 Å². The van der Waals surface area contributed by atoms with Gasteiger partial charge in [0.25, 0.3) is 0 Å². The highest BCUT2D eigenvalue weighted by Crippen LogP contribution is 2.38. The number of aliphatic imine (C=N–C) groups is 1. The summed E-state index contributed by atoms with van der Waals surface area (Å²) in [5, 5.41) is 0. The van der Waals surface area contributed by atoms with Crippen LogP contribution in [0, 0.1) is 0 Å². The van der Waals surface area contributed by atoms with Gasteiger partial charge in [0, 0.05) is 38.5 Å². The molecule has 108 valence electrons. The molecule has 0 bridgehead atoms. The monoisotopic (exact) mass is 281 g/mol. The lowest BCUT2D eigenvalue weighted by Gasteiger charge is -2.22. The molecule has 4 rings (SSSR count). The molecular formula is C17H19N3O. The molecule has 0 saturated carbocycles. The van der Waals surface area contributed by atoms with E-state index in [1.54, 1.807) is 0 Å². The minimum Gasteiger partial charge on any atom is -0.327 e. The van der Waals surface area contributed by atoms with Crippen LogP contribution in [0.25, 0.3) is 0 Å². The molecule has 1 aromatic rings. The Morgan fingerprint density at radius 3 is 2.67 bits per heavy atom. The number of hydrogen-bond donors (Lipinski definition) is 0. The maximum Gasteiger partial charge on any atom is 0.324 e. The fraction of sp³-hybridized carbons (Fsp3) is 0.412. The molecule has 4 heteroatoms. The topological polar surface area (TPSA) is 35.9 Å². The molecule has 0 fully saturated rings. The van der Waals surface area contributed by atoms with E-state index in [9.17, 15) is 4.79 Å². The summed E-state index contributed by atoms with van der Waals surface area (Å²) < 4.78 is 0. The van der Waals surface area contributed by atoms with Crippen LogP contribution in [0.15, 0.2) is 29.4 Å². The lowest BCUT2D eigenvalue weighted by Crippen LogP contribution is -2.39. The van der Waals surface area contributed by atoms with Crippen molar-refractivity contribution in [2.45, 2.75) is 25.2 Å². The first-order valence-electron chi connectivity index (χ1n) is 7.60. The van der Waals surface area contributed by atoms with Gasteiger partial charge in [0.05, 0.1) is 5.69 Å². The maximum absolute atomic E-state index is 12.4. The van der Waals surface area contributed by atoms with Gasteiger partial charge in [0.2, 0.25) is 0 Å². The Balaban J connectivity index is 1.79. The zero-order chi connectivity index (χ0) is 14.4. The molecule has 0 radical (unpaired) electrons. The average Bonchev–Trinajstić information content (AvgIpc) is 2.91. The van der Waals surface area contributed by atoms with Crippen LogP contribution in [0.2, 0.25) is 0 Å². The summed E-state index contributed by atoms with van der Waals surface area (Å²) in [4.78, 5) is 20.4. The van der Waals surface area contributed by atoms with Crippen LogP contribution in [0.5, 0.6) is 0 Å². The van der Waals surface area contributed by atoms with Crippen molar-refractivity contribution in [3.63, 3.8) is 0 Å². The van der Waals surface area contributed by atoms with Gasteiger partial charge in [-0.1, -0.05) is 18.2 Å². The van der Waals surface area contributed by atoms with E-state index in [2.05, 4.69) is 23.2 Å². The predicted molar refractivity (Wildman–Crippen MR) is 84.2 cm³/mol. The van der Waals surface area contributed by atoms with Gasteiger partial charge < -0.3 is 4.90 Å². The van der Waals surface area contributed by atoms with Gasteiger partial charge in [-0.15, -0.1) is 0 Å². The number of hydrogen-bond acceptors (Lipinski definition) is 2. The first-order chi connectivity index (χ1) is 10.2. The average molecular weight is 281 g/mol. The predicted octanol–water partition coefficient (Wildman–Crippen LogP) is 2.73. The van der Waals surface area contributed by atoms with Crippen molar-refractivity contribution in [2.24, 2.45) is 4.99 Å². The lowest BCUT2D eigenvalue weighted by molar-refractivity contribution is 0.218. The van der Waals surface area contributed by atoms with E-state index in [0.29, 0.717) is 5.92 Å². The number of rotatable bonds is 1. The number of benzene rings is 1. The van der Waals surface area contributed by atoms with Crippen LogP contribution in [0.4, 0.5) is 10.5 Å². The molecule has 4 nitrogen and oxygen atoms in total. The zero-order valence-corrected chi connectivity index (χ0v) is 12.2. The van der Waals surface area contributed by atoms with Crippen molar-refractivity contribution in [3.8, 4) is 0 Å². The van der Waals surface area contributed by atoms with Crippen molar-refractivity contribution in [1.29, 1.82) is 0 Å². The Morgan fingerprint density at radius 2 is 1.95 bits per heavy atom. The van der Waals surface area contributed by atoms with Gasteiger partial charge in [-0.3, -0.25) is 9.89 Å². The molecule has 3 aliphatic heterocycles. The van der Waals surface area contributed by atoms with Crippen molar-refractivity contribution in [2.75, 3.05) is 25.0 Å². The standard InChI is InChI=1S/C17H19N3O/c1-19-7-4-12-9-15(14-3-2-6-18-11-14)10-13-5-8-20(16(12)13)17(19)21/h2,6,9-11,14H,3-5,7-8H2,1H3. The molecule has 3 aliphatic rings. The second-order valence-electron chi connectivity index (χ2n) is 6.07. The number of carbonyl (C=O) groups excluding carboxylic acids is 1. The summed E-state index contributed by atoms with van der Waals surface area (Å²) in [6, 6.07) is 4.72. The normalized spacial score (nSPS) is 23.5. The number of nitrogens with zero attached hydrogens (tertiary/aromatic N) is 3. The van der Waals surface area contributed by atoms with Crippen molar-refractivity contribution in [1.82, 2.24) is 4.90 Å². The third-order valence-corrected chi connectivity index (χ3v) is 4.71. The lowest BCUT2D eigenvalue weighted by atomic mass is 9.90. The van der Waals surface area contributed by atoms with Crippen molar-refractivity contribution in [3.05, 3.63) is 41.1 Å². The van der Waals surface area contributed by atoms with Gasteiger partial charge in [0.15, 0.2) is 0 Å². The highest BCUT2D eigenvalue weighted by atomic mass is 16.2. The van der Waals surface area contributed by atoms with Crippen molar-refractivity contribution >= 4 is 17.9 Å². The second kappa shape index (κ2) is 4.72. The molecule has 1 atom stereocenters. The molecular weight excluding hydrogens is 262 g/mol. The highest BCUT2D eigenvalue weighted by Gasteiger charge is 2.32. The largest absolute Gasteiger partial charge is 0.327 e. The number of carbonyl (C=O) groups is 1. The quantitative estimate of drug-likeness (QED) is 0.779. The molecule has 21 heavy (non-hydrogen) atoms. The summed E-state index contributed by atoms with van der Waals surface area (Å²) in [5.74, 6) is 0.377. The number of urea groups is 1. The Hall–Kier alpha value is -2.10. The minimum absolute atomic E-state index is 0.141. The number of amides is 2. The summed E-state index contributed by atoms with van der Waals surface area (Å²) in [7, 11) is 1.89. The first kappa shape index (κ1) is 12.6. The first-order valence-corrected chi connectivity index (χ1v) is 7.60. The van der Waals surface area contributed by atoms with Gasteiger partial charge >= 0.3 is 6.03 Å². The van der Waals surface area contributed by atoms with Crippen molar-refractivity contribution < 1.29 is 4.79 Å². The summed E-state index contributed by atoms with van der Waals surface area (Å²) >= 11 is 0. The Labute approximate surface area is 124 Å². The van der Waals surface area contributed by atoms with E-state index in [4.69, 9.17) is 0 Å². The molecule has 1 aromatic carbocycles. The van der Waals surface area contributed by atoms with E-state index in [1.807, 2.05) is 29.3 Å². The minimum atomic E-state index is 0.141. The highest BCUT2D eigenvalue weighted by molar-refractivity contribution is 5.96. The van der Waals surface area contributed by atoms with Gasteiger partial charge in [-0.2, -0.15) is 0 Å². The molecule has 1 unspecified atom stereocenters. The molecule has 0 aromatic heterocycles. The summed E-state index contributed by atoms with van der Waals surface area (Å²) in [5.41, 5.74) is 5.17. The van der Waals surface area contributed by atoms with Crippen LogP contribution in [0.1, 0.15) is 29.0 Å². The fourth-order valence-electron chi connectivity index (χ4n) is 3.56. The molecule has 0 spiro atoms. The number of likely N-dealkylation sites (N-methyl/N-ethyl adjacent to an activating group) is 1. The molecule has 0 saturated heterocycles. The van der Waals surface area contributed by atoms with E-state index >= 15 is 0 Å². The van der Waals surface area contributed by atoms with E-state index in [0.717, 1.165) is 32.4 Å². The van der Waals surface area contributed by atoms with E-state index in [1.165, 1.54) is 22.4 Å². The Kier molecular flexibility index (Phi) is 2.84.